The monoisotopic (exact) mass is 395 g/mol. The summed E-state index contributed by atoms with van der Waals surface area (Å²) in [6, 6.07) is 42.4. The van der Waals surface area contributed by atoms with E-state index in [1.807, 2.05) is 0 Å². The first-order valence-corrected chi connectivity index (χ1v) is 11.0. The molecule has 0 fully saturated rings. The van der Waals surface area contributed by atoms with Crippen molar-refractivity contribution in [1.29, 1.82) is 0 Å². The highest BCUT2D eigenvalue weighted by Crippen LogP contribution is 2.50. The average Bonchev–Trinajstić information content (AvgIpc) is 3.29. The standard InChI is InChI=1S/C30H21N/c1-3-10-20(11-4-1)28-25-17-9-16-24-22-14-7-8-15-23(22)26-18-19-27(31(26)30(24)25)29(28)21-12-5-2-6-13-21/h1-19,28-29H. The molecule has 0 N–H and O–H groups in total. The fourth-order valence-electron chi connectivity index (χ4n) is 5.78. The molecule has 146 valence electrons. The van der Waals surface area contributed by atoms with Crippen molar-refractivity contribution >= 4 is 27.2 Å². The zero-order valence-electron chi connectivity index (χ0n) is 17.1. The van der Waals surface area contributed by atoms with Crippen molar-refractivity contribution in [2.75, 3.05) is 0 Å². The van der Waals surface area contributed by atoms with Crippen molar-refractivity contribution in [3.8, 4) is 0 Å². The predicted molar refractivity (Wildman–Crippen MR) is 129 cm³/mol. The number of nitrogens with zero attached hydrogens (tertiary/aromatic N) is 1. The summed E-state index contributed by atoms with van der Waals surface area (Å²) in [4.78, 5) is 0. The molecule has 1 aliphatic heterocycles. The highest BCUT2D eigenvalue weighted by molar-refractivity contribution is 6.14. The summed E-state index contributed by atoms with van der Waals surface area (Å²) >= 11 is 0. The minimum Gasteiger partial charge on any atom is -0.312 e. The Labute approximate surface area is 181 Å². The van der Waals surface area contributed by atoms with Crippen LogP contribution in [0.25, 0.3) is 27.2 Å². The topological polar surface area (TPSA) is 4.41 Å². The van der Waals surface area contributed by atoms with E-state index in [2.05, 4.69) is 120 Å². The molecule has 6 aromatic rings. The first-order valence-electron chi connectivity index (χ1n) is 11.0. The lowest BCUT2D eigenvalue weighted by molar-refractivity contribution is 0.657. The van der Waals surface area contributed by atoms with Gasteiger partial charge in [-0.25, -0.2) is 0 Å². The molecule has 0 saturated heterocycles. The molecule has 0 saturated carbocycles. The third-order valence-corrected chi connectivity index (χ3v) is 7.00. The molecule has 3 heterocycles. The minimum absolute atomic E-state index is 0.269. The van der Waals surface area contributed by atoms with Crippen LogP contribution in [-0.4, -0.2) is 4.40 Å². The second kappa shape index (κ2) is 6.33. The van der Waals surface area contributed by atoms with Crippen LogP contribution in [0.15, 0.2) is 115 Å². The molecule has 1 aliphatic rings. The van der Waals surface area contributed by atoms with Crippen LogP contribution in [0, 0.1) is 0 Å². The number of aromatic nitrogens is 1. The van der Waals surface area contributed by atoms with Crippen LogP contribution in [0.3, 0.4) is 0 Å². The Kier molecular flexibility index (Phi) is 3.45. The minimum atomic E-state index is 0.269. The van der Waals surface area contributed by atoms with E-state index in [0.717, 1.165) is 0 Å². The Balaban J connectivity index is 1.70. The second-order valence-corrected chi connectivity index (χ2v) is 8.54. The van der Waals surface area contributed by atoms with E-state index in [0.29, 0.717) is 0 Å². The maximum Gasteiger partial charge on any atom is 0.0576 e. The number of hydrogen-bond acceptors (Lipinski definition) is 0. The van der Waals surface area contributed by atoms with Gasteiger partial charge in [0.1, 0.15) is 0 Å². The van der Waals surface area contributed by atoms with E-state index in [4.69, 9.17) is 0 Å². The highest BCUT2D eigenvalue weighted by Gasteiger charge is 2.35. The van der Waals surface area contributed by atoms with E-state index in [9.17, 15) is 0 Å². The lowest BCUT2D eigenvalue weighted by Crippen LogP contribution is -2.21. The van der Waals surface area contributed by atoms with Gasteiger partial charge in [-0.1, -0.05) is 103 Å². The molecule has 4 aromatic carbocycles. The predicted octanol–water partition coefficient (Wildman–Crippen LogP) is 7.52. The molecule has 1 heteroatoms. The molecule has 1 nitrogen and oxygen atoms in total. The van der Waals surface area contributed by atoms with E-state index >= 15 is 0 Å². The Hall–Kier alpha value is -3.84. The van der Waals surface area contributed by atoms with Crippen molar-refractivity contribution in [1.82, 2.24) is 4.40 Å². The maximum atomic E-state index is 2.53. The first-order chi connectivity index (χ1) is 15.4. The fourth-order valence-corrected chi connectivity index (χ4v) is 5.78. The molecule has 31 heavy (non-hydrogen) atoms. The summed E-state index contributed by atoms with van der Waals surface area (Å²) < 4.78 is 2.53. The van der Waals surface area contributed by atoms with Gasteiger partial charge in [0, 0.05) is 28.3 Å². The summed E-state index contributed by atoms with van der Waals surface area (Å²) in [6.45, 7) is 0. The van der Waals surface area contributed by atoms with Crippen molar-refractivity contribution in [3.63, 3.8) is 0 Å². The van der Waals surface area contributed by atoms with Crippen molar-refractivity contribution in [3.05, 3.63) is 138 Å². The first kappa shape index (κ1) is 16.9. The largest absolute Gasteiger partial charge is 0.312 e. The van der Waals surface area contributed by atoms with Crippen LogP contribution in [-0.2, 0) is 0 Å². The normalized spacial score (nSPS) is 17.7. The number of hydrogen-bond donors (Lipinski definition) is 0. The van der Waals surface area contributed by atoms with Gasteiger partial charge in [-0.05, 0) is 34.2 Å². The molecule has 2 aromatic heterocycles. The van der Waals surface area contributed by atoms with Crippen molar-refractivity contribution in [2.45, 2.75) is 11.8 Å². The van der Waals surface area contributed by atoms with E-state index in [1.54, 1.807) is 0 Å². The maximum absolute atomic E-state index is 2.53. The molecular formula is C30H21N. The van der Waals surface area contributed by atoms with E-state index in [1.165, 1.54) is 49.6 Å². The molecule has 0 amide bonds. The molecule has 2 atom stereocenters. The van der Waals surface area contributed by atoms with Crippen LogP contribution in [0.2, 0.25) is 0 Å². The SMILES string of the molecule is c1ccc(C2c3cccc4c5ccccc5c5ccc(n5c34)C2c2ccccc2)cc1. The van der Waals surface area contributed by atoms with Crippen LogP contribution in [0.1, 0.15) is 34.2 Å². The molecule has 7 rings (SSSR count). The summed E-state index contributed by atoms with van der Waals surface area (Å²) in [7, 11) is 0. The lowest BCUT2D eigenvalue weighted by Gasteiger charge is -2.34. The zero-order valence-corrected chi connectivity index (χ0v) is 17.1. The molecule has 0 aliphatic carbocycles. The number of benzene rings is 4. The number of rotatable bonds is 2. The number of fused-ring (bicyclic) bond motifs is 3. The van der Waals surface area contributed by atoms with E-state index < -0.39 is 0 Å². The van der Waals surface area contributed by atoms with Gasteiger partial charge in [0.2, 0.25) is 0 Å². The molecule has 0 radical (unpaired) electrons. The van der Waals surface area contributed by atoms with Crippen molar-refractivity contribution in [2.24, 2.45) is 0 Å². The highest BCUT2D eigenvalue weighted by atomic mass is 14.9. The van der Waals surface area contributed by atoms with Gasteiger partial charge in [-0.2, -0.15) is 0 Å². The molecule has 2 unspecified atom stereocenters. The van der Waals surface area contributed by atoms with Crippen LogP contribution < -0.4 is 0 Å². The average molecular weight is 396 g/mol. The van der Waals surface area contributed by atoms with Gasteiger partial charge in [0.05, 0.1) is 11.0 Å². The van der Waals surface area contributed by atoms with Gasteiger partial charge in [-0.15, -0.1) is 0 Å². The summed E-state index contributed by atoms with van der Waals surface area (Å²) in [6.07, 6.45) is 0. The summed E-state index contributed by atoms with van der Waals surface area (Å²) in [5, 5.41) is 4.00. The van der Waals surface area contributed by atoms with Gasteiger partial charge in [0.25, 0.3) is 0 Å². The van der Waals surface area contributed by atoms with E-state index in [-0.39, 0.29) is 11.8 Å². The fraction of sp³-hybridized carbons (Fsp3) is 0.0667. The molecule has 0 spiro atoms. The Bertz CT molecular complexity index is 1580. The van der Waals surface area contributed by atoms with Gasteiger partial charge >= 0.3 is 0 Å². The van der Waals surface area contributed by atoms with Gasteiger partial charge < -0.3 is 4.40 Å². The third-order valence-electron chi connectivity index (χ3n) is 7.00. The quantitative estimate of drug-likeness (QED) is 0.267. The second-order valence-electron chi connectivity index (χ2n) is 8.54. The Morgan fingerprint density at radius 1 is 0.452 bits per heavy atom. The van der Waals surface area contributed by atoms with Crippen LogP contribution >= 0.6 is 0 Å². The van der Waals surface area contributed by atoms with Crippen LogP contribution in [0.4, 0.5) is 0 Å². The Morgan fingerprint density at radius 3 is 1.81 bits per heavy atom. The van der Waals surface area contributed by atoms with Crippen molar-refractivity contribution < 1.29 is 0 Å². The van der Waals surface area contributed by atoms with Crippen LogP contribution in [0.5, 0.6) is 0 Å². The summed E-state index contributed by atoms with van der Waals surface area (Å²) in [5.41, 5.74) is 8.20. The number of para-hydroxylation sites is 1. The summed E-state index contributed by atoms with van der Waals surface area (Å²) in [5.74, 6) is 0.546. The van der Waals surface area contributed by atoms with Gasteiger partial charge in [-0.3, -0.25) is 0 Å². The van der Waals surface area contributed by atoms with Gasteiger partial charge in [0.15, 0.2) is 0 Å². The zero-order chi connectivity index (χ0) is 20.4. The smallest absolute Gasteiger partial charge is 0.0576 e. The molecule has 0 bridgehead atoms. The molecular weight excluding hydrogens is 374 g/mol. The number of pyridine rings is 1. The Morgan fingerprint density at radius 2 is 1.06 bits per heavy atom. The third kappa shape index (κ3) is 2.26. The lowest BCUT2D eigenvalue weighted by atomic mass is 9.73.